The molecule has 1 fully saturated rings. The van der Waals surface area contributed by atoms with E-state index < -0.39 is 11.8 Å². The summed E-state index contributed by atoms with van der Waals surface area (Å²) in [7, 11) is 2.00. The summed E-state index contributed by atoms with van der Waals surface area (Å²) in [6.45, 7) is 10.4. The molecule has 0 bridgehead atoms. The predicted molar refractivity (Wildman–Crippen MR) is 112 cm³/mol. The fourth-order valence-electron chi connectivity index (χ4n) is 3.92. The van der Waals surface area contributed by atoms with Gasteiger partial charge in [-0.1, -0.05) is 0 Å². The lowest BCUT2D eigenvalue weighted by atomic mass is 10.1. The number of carbonyl (C=O) groups is 2. The number of nitrogens with one attached hydrogen (secondary N) is 1. The molecular weight excluding hydrogens is 356 g/mol. The van der Waals surface area contributed by atoms with Gasteiger partial charge in [-0.05, 0) is 45.9 Å². The van der Waals surface area contributed by atoms with Crippen LogP contribution < -0.4 is 10.2 Å². The quantitative estimate of drug-likeness (QED) is 0.821. The van der Waals surface area contributed by atoms with Gasteiger partial charge in [-0.25, -0.2) is 0 Å². The van der Waals surface area contributed by atoms with Crippen LogP contribution in [0.3, 0.4) is 0 Å². The molecule has 0 spiro atoms. The Morgan fingerprint density at radius 1 is 1.07 bits per heavy atom. The van der Waals surface area contributed by atoms with E-state index in [0.29, 0.717) is 18.9 Å². The molecular formula is C21H30N4O3. The second-order valence-electron chi connectivity index (χ2n) is 7.77. The highest BCUT2D eigenvalue weighted by atomic mass is 16.5. The zero-order valence-corrected chi connectivity index (χ0v) is 17.4. The first-order valence-corrected chi connectivity index (χ1v) is 9.85. The van der Waals surface area contributed by atoms with Gasteiger partial charge in [0.25, 0.3) is 0 Å². The molecule has 1 aromatic heterocycles. The van der Waals surface area contributed by atoms with E-state index in [-0.39, 0.29) is 12.1 Å². The number of rotatable bonds is 4. The van der Waals surface area contributed by atoms with E-state index in [2.05, 4.69) is 14.8 Å². The maximum absolute atomic E-state index is 12.8. The smallest absolute Gasteiger partial charge is 0.313 e. The summed E-state index contributed by atoms with van der Waals surface area (Å²) >= 11 is 0. The van der Waals surface area contributed by atoms with Crippen LogP contribution in [-0.4, -0.2) is 59.7 Å². The summed E-state index contributed by atoms with van der Waals surface area (Å²) in [5.41, 5.74) is 2.69. The minimum Gasteiger partial charge on any atom is -0.378 e. The van der Waals surface area contributed by atoms with Crippen LogP contribution in [-0.2, 0) is 21.4 Å². The van der Waals surface area contributed by atoms with Gasteiger partial charge in [0.1, 0.15) is 0 Å². The van der Waals surface area contributed by atoms with Crippen LogP contribution >= 0.6 is 0 Å². The van der Waals surface area contributed by atoms with Crippen LogP contribution in [0.1, 0.15) is 27.7 Å². The van der Waals surface area contributed by atoms with Gasteiger partial charge in [0.05, 0.1) is 24.6 Å². The normalized spacial score (nSPS) is 14.8. The van der Waals surface area contributed by atoms with Crippen LogP contribution in [0.15, 0.2) is 24.4 Å². The number of nitrogens with zero attached hydrogens (tertiary/aromatic N) is 3. The Morgan fingerprint density at radius 2 is 1.71 bits per heavy atom. The highest BCUT2D eigenvalue weighted by Gasteiger charge is 2.28. The fraction of sp³-hybridized carbons (Fsp3) is 0.524. The Hall–Kier alpha value is -2.54. The maximum atomic E-state index is 12.8. The molecule has 1 aliphatic rings. The molecule has 1 N–H and O–H groups in total. The van der Waals surface area contributed by atoms with Crippen LogP contribution in [0, 0.1) is 0 Å². The first-order chi connectivity index (χ1) is 13.3. The van der Waals surface area contributed by atoms with E-state index in [1.807, 2.05) is 59.1 Å². The minimum absolute atomic E-state index is 0.0476. The number of hydrogen-bond acceptors (Lipinski definition) is 4. The van der Waals surface area contributed by atoms with Gasteiger partial charge < -0.3 is 24.4 Å². The Morgan fingerprint density at radius 3 is 2.32 bits per heavy atom. The van der Waals surface area contributed by atoms with Crippen molar-refractivity contribution in [3.63, 3.8) is 0 Å². The topological polar surface area (TPSA) is 66.8 Å². The summed E-state index contributed by atoms with van der Waals surface area (Å²) in [5.74, 6) is -1.11. The van der Waals surface area contributed by atoms with E-state index in [0.717, 1.165) is 29.7 Å². The summed E-state index contributed by atoms with van der Waals surface area (Å²) in [4.78, 5) is 29.4. The van der Waals surface area contributed by atoms with E-state index >= 15 is 0 Å². The number of aromatic nitrogens is 1. The predicted octanol–water partition coefficient (Wildman–Crippen LogP) is 2.60. The number of ether oxygens (including phenoxy) is 1. The van der Waals surface area contributed by atoms with Crippen LogP contribution in [0.25, 0.3) is 10.9 Å². The first-order valence-electron chi connectivity index (χ1n) is 9.85. The lowest BCUT2D eigenvalue weighted by molar-refractivity contribution is -0.145. The summed E-state index contributed by atoms with van der Waals surface area (Å²) in [6, 6.07) is 5.81. The molecule has 1 aromatic carbocycles. The Kier molecular flexibility index (Phi) is 5.93. The number of fused-ring (bicyclic) bond motifs is 1. The zero-order valence-electron chi connectivity index (χ0n) is 17.4. The molecule has 28 heavy (non-hydrogen) atoms. The van der Waals surface area contributed by atoms with Gasteiger partial charge in [0.15, 0.2) is 0 Å². The minimum atomic E-state index is -0.604. The van der Waals surface area contributed by atoms with Gasteiger partial charge >= 0.3 is 11.8 Å². The van der Waals surface area contributed by atoms with Crippen molar-refractivity contribution in [1.82, 2.24) is 9.47 Å². The van der Waals surface area contributed by atoms with Gasteiger partial charge in [0.2, 0.25) is 0 Å². The van der Waals surface area contributed by atoms with E-state index in [1.54, 1.807) is 4.90 Å². The lowest BCUT2D eigenvalue weighted by Crippen LogP contribution is -2.47. The van der Waals surface area contributed by atoms with Crippen molar-refractivity contribution in [3.05, 3.63) is 24.4 Å². The Labute approximate surface area is 166 Å². The van der Waals surface area contributed by atoms with E-state index in [9.17, 15) is 9.59 Å². The van der Waals surface area contributed by atoms with E-state index in [4.69, 9.17) is 4.74 Å². The van der Waals surface area contributed by atoms with E-state index in [1.165, 1.54) is 0 Å². The third kappa shape index (κ3) is 3.85. The van der Waals surface area contributed by atoms with Crippen LogP contribution in [0.4, 0.5) is 11.4 Å². The maximum Gasteiger partial charge on any atom is 0.313 e. The number of benzene rings is 1. The number of hydrogen-bond donors (Lipinski definition) is 1. The molecule has 0 saturated carbocycles. The first kappa shape index (κ1) is 20.2. The molecule has 0 radical (unpaired) electrons. The van der Waals surface area contributed by atoms with Crippen molar-refractivity contribution in [2.45, 2.75) is 39.8 Å². The molecule has 7 nitrogen and oxygen atoms in total. The fourth-order valence-corrected chi connectivity index (χ4v) is 3.92. The number of amides is 2. The van der Waals surface area contributed by atoms with Crippen LogP contribution in [0.5, 0.6) is 0 Å². The molecule has 2 heterocycles. The highest BCUT2D eigenvalue weighted by molar-refractivity contribution is 6.40. The molecule has 152 valence electrons. The molecule has 7 heteroatoms. The molecule has 2 aromatic rings. The van der Waals surface area contributed by atoms with Crippen LogP contribution in [0.2, 0.25) is 0 Å². The van der Waals surface area contributed by atoms with Gasteiger partial charge in [-0.2, -0.15) is 0 Å². The van der Waals surface area contributed by atoms with Gasteiger partial charge in [0, 0.05) is 49.3 Å². The standard InChI is InChI=1S/C21H30N4O3/c1-14(2)25(15(3)4)21(27)20(26)22-17-6-7-18-16(8-9-23(18)5)19(17)24-10-12-28-13-11-24/h6-9,14-15H,10-13H2,1-5H3,(H,22,26). The summed E-state index contributed by atoms with van der Waals surface area (Å²) in [5, 5.41) is 3.93. The van der Waals surface area contributed by atoms with Crippen molar-refractivity contribution >= 4 is 34.1 Å². The SMILES string of the molecule is CC(C)N(C(=O)C(=O)Nc1ccc2c(ccn2C)c1N1CCOCC1)C(C)C. The molecule has 2 amide bonds. The van der Waals surface area contributed by atoms with Crippen molar-refractivity contribution in [2.75, 3.05) is 36.5 Å². The van der Waals surface area contributed by atoms with Gasteiger partial charge in [-0.3, -0.25) is 9.59 Å². The Bertz CT molecular complexity index is 858. The number of morpholine rings is 1. The number of carbonyl (C=O) groups excluding carboxylic acids is 2. The lowest BCUT2D eigenvalue weighted by Gasteiger charge is -2.32. The monoisotopic (exact) mass is 386 g/mol. The summed E-state index contributed by atoms with van der Waals surface area (Å²) < 4.78 is 7.54. The van der Waals surface area contributed by atoms with Crippen molar-refractivity contribution in [2.24, 2.45) is 7.05 Å². The number of aryl methyl sites for hydroxylation is 1. The highest BCUT2D eigenvalue weighted by Crippen LogP contribution is 2.35. The average molecular weight is 386 g/mol. The van der Waals surface area contributed by atoms with Crippen molar-refractivity contribution in [3.8, 4) is 0 Å². The average Bonchev–Trinajstić information content (AvgIpc) is 3.02. The molecule has 0 aliphatic carbocycles. The second kappa shape index (κ2) is 8.22. The molecule has 0 unspecified atom stereocenters. The third-order valence-corrected chi connectivity index (χ3v) is 5.16. The molecule has 1 aliphatic heterocycles. The zero-order chi connectivity index (χ0) is 20.4. The molecule has 1 saturated heterocycles. The van der Waals surface area contributed by atoms with Crippen molar-refractivity contribution in [1.29, 1.82) is 0 Å². The summed E-state index contributed by atoms with van der Waals surface area (Å²) in [6.07, 6.45) is 2.00. The third-order valence-electron chi connectivity index (χ3n) is 5.16. The molecule has 3 rings (SSSR count). The second-order valence-corrected chi connectivity index (χ2v) is 7.77. The molecule has 0 atom stereocenters. The van der Waals surface area contributed by atoms with Crippen molar-refractivity contribution < 1.29 is 14.3 Å². The Balaban J connectivity index is 1.96. The largest absolute Gasteiger partial charge is 0.378 e. The number of anilines is 2. The van der Waals surface area contributed by atoms with Gasteiger partial charge in [-0.15, -0.1) is 0 Å².